The third-order valence-corrected chi connectivity index (χ3v) is 4.81. The first-order chi connectivity index (χ1) is 7.18. The average molecular weight is 313 g/mol. The van der Waals surface area contributed by atoms with E-state index in [9.17, 15) is 0 Å². The molecule has 1 aromatic rings. The second-order valence-electron chi connectivity index (χ2n) is 3.28. The Morgan fingerprint density at radius 2 is 2.40 bits per heavy atom. The van der Waals surface area contributed by atoms with Crippen molar-refractivity contribution in [1.82, 2.24) is 0 Å². The van der Waals surface area contributed by atoms with Gasteiger partial charge in [0.05, 0.1) is 34.7 Å². The van der Waals surface area contributed by atoms with Crippen molar-refractivity contribution >= 4 is 38.9 Å². The number of thiophene rings is 1. The van der Waals surface area contributed by atoms with Gasteiger partial charge < -0.3 is 15.2 Å². The van der Waals surface area contributed by atoms with Gasteiger partial charge in [0, 0.05) is 4.88 Å². The Labute approximate surface area is 106 Å². The van der Waals surface area contributed by atoms with Gasteiger partial charge in [-0.15, -0.1) is 11.3 Å². The molecule has 1 fully saturated rings. The van der Waals surface area contributed by atoms with Crippen molar-refractivity contribution in [2.45, 2.75) is 12.1 Å². The van der Waals surface area contributed by atoms with E-state index in [-0.39, 0.29) is 12.1 Å². The van der Waals surface area contributed by atoms with Crippen LogP contribution in [0.25, 0.3) is 0 Å². The van der Waals surface area contributed by atoms with E-state index in [0.717, 1.165) is 8.66 Å². The molecule has 1 aromatic heterocycles. The predicted molar refractivity (Wildman–Crippen MR) is 64.5 cm³/mol. The van der Waals surface area contributed by atoms with Gasteiger partial charge in [-0.05, 0) is 22.0 Å². The Kier molecular flexibility index (Phi) is 4.04. The van der Waals surface area contributed by atoms with Crippen LogP contribution in [0.5, 0.6) is 0 Å². The Hall–Kier alpha value is 0.350. The van der Waals surface area contributed by atoms with E-state index >= 15 is 0 Å². The molecule has 1 aliphatic rings. The zero-order chi connectivity index (χ0) is 10.8. The summed E-state index contributed by atoms with van der Waals surface area (Å²) >= 11 is 10.9. The summed E-state index contributed by atoms with van der Waals surface area (Å²) in [5, 5.41) is 0.696. The van der Waals surface area contributed by atoms with Crippen LogP contribution in [0, 0.1) is 0 Å². The SMILES string of the molecule is NC(c1cc(Cl)c(Br)s1)C1COCCO1. The predicted octanol–water partition coefficient (Wildman–Crippen LogP) is 2.58. The minimum atomic E-state index is -0.168. The first kappa shape index (κ1) is 11.8. The van der Waals surface area contributed by atoms with Crippen LogP contribution in [0.1, 0.15) is 10.9 Å². The number of halogens is 2. The lowest BCUT2D eigenvalue weighted by atomic mass is 10.1. The van der Waals surface area contributed by atoms with Crippen molar-refractivity contribution < 1.29 is 9.47 Å². The molecule has 0 spiro atoms. The van der Waals surface area contributed by atoms with Crippen molar-refractivity contribution in [2.24, 2.45) is 5.73 Å². The number of nitrogens with two attached hydrogens (primary N) is 1. The monoisotopic (exact) mass is 311 g/mol. The first-order valence-electron chi connectivity index (χ1n) is 4.58. The van der Waals surface area contributed by atoms with E-state index < -0.39 is 0 Å². The van der Waals surface area contributed by atoms with Gasteiger partial charge in [-0.2, -0.15) is 0 Å². The lowest BCUT2D eigenvalue weighted by molar-refractivity contribution is -0.0971. The molecule has 0 amide bonds. The Balaban J connectivity index is 2.08. The summed E-state index contributed by atoms with van der Waals surface area (Å²) in [6, 6.07) is 1.71. The lowest BCUT2D eigenvalue weighted by Gasteiger charge is -2.27. The molecule has 15 heavy (non-hydrogen) atoms. The van der Waals surface area contributed by atoms with E-state index in [4.69, 9.17) is 26.8 Å². The fourth-order valence-electron chi connectivity index (χ4n) is 1.42. The molecule has 2 atom stereocenters. The molecule has 0 bridgehead atoms. The molecule has 0 aliphatic carbocycles. The van der Waals surface area contributed by atoms with Crippen molar-refractivity contribution in [1.29, 1.82) is 0 Å². The highest BCUT2D eigenvalue weighted by atomic mass is 79.9. The van der Waals surface area contributed by atoms with Crippen molar-refractivity contribution in [2.75, 3.05) is 19.8 Å². The van der Waals surface area contributed by atoms with Crippen LogP contribution < -0.4 is 5.73 Å². The summed E-state index contributed by atoms with van der Waals surface area (Å²) in [6.07, 6.45) is -0.0691. The molecule has 1 saturated heterocycles. The van der Waals surface area contributed by atoms with Gasteiger partial charge in [0.2, 0.25) is 0 Å². The molecule has 0 saturated carbocycles. The summed E-state index contributed by atoms with van der Waals surface area (Å²) in [5.74, 6) is 0. The highest BCUT2D eigenvalue weighted by Gasteiger charge is 2.25. The highest BCUT2D eigenvalue weighted by molar-refractivity contribution is 9.11. The lowest BCUT2D eigenvalue weighted by Crippen LogP contribution is -2.37. The Morgan fingerprint density at radius 1 is 1.60 bits per heavy atom. The standard InChI is InChI=1S/C9H11BrClNO2S/c10-9-5(11)3-7(15-9)8(12)6-4-13-1-2-14-6/h3,6,8H,1-2,4,12H2. The topological polar surface area (TPSA) is 44.5 Å². The molecular weight excluding hydrogens is 302 g/mol. The molecule has 2 N–H and O–H groups in total. The molecule has 2 heterocycles. The summed E-state index contributed by atoms with van der Waals surface area (Å²) in [7, 11) is 0. The van der Waals surface area contributed by atoms with Crippen LogP contribution >= 0.6 is 38.9 Å². The third kappa shape index (κ3) is 2.72. The molecule has 1 aliphatic heterocycles. The van der Waals surface area contributed by atoms with E-state index in [1.54, 1.807) is 11.3 Å². The van der Waals surface area contributed by atoms with Gasteiger partial charge in [-0.3, -0.25) is 0 Å². The van der Waals surface area contributed by atoms with Gasteiger partial charge in [0.1, 0.15) is 6.10 Å². The molecule has 3 nitrogen and oxygen atoms in total. The molecule has 2 unspecified atom stereocenters. The number of hydrogen-bond acceptors (Lipinski definition) is 4. The van der Waals surface area contributed by atoms with Crippen LogP contribution in [-0.4, -0.2) is 25.9 Å². The fourth-order valence-corrected chi connectivity index (χ4v) is 3.23. The van der Waals surface area contributed by atoms with Crippen LogP contribution in [0.4, 0.5) is 0 Å². The quantitative estimate of drug-likeness (QED) is 0.913. The smallest absolute Gasteiger partial charge is 0.101 e. The molecule has 0 aromatic carbocycles. The summed E-state index contributed by atoms with van der Waals surface area (Å²) in [5.41, 5.74) is 6.08. The molecule has 6 heteroatoms. The van der Waals surface area contributed by atoms with Gasteiger partial charge >= 0.3 is 0 Å². The van der Waals surface area contributed by atoms with Gasteiger partial charge in [0.25, 0.3) is 0 Å². The summed E-state index contributed by atoms with van der Waals surface area (Å²) in [4.78, 5) is 1.02. The van der Waals surface area contributed by atoms with Gasteiger partial charge in [-0.1, -0.05) is 11.6 Å². The second-order valence-corrected chi connectivity index (χ2v) is 6.09. The average Bonchev–Trinajstić information content (AvgIpc) is 2.59. The summed E-state index contributed by atoms with van der Waals surface area (Å²) < 4.78 is 11.8. The van der Waals surface area contributed by atoms with E-state index in [1.165, 1.54) is 0 Å². The number of ether oxygens (including phenoxy) is 2. The minimum absolute atomic E-state index is 0.0691. The van der Waals surface area contributed by atoms with Crippen LogP contribution in [0.2, 0.25) is 5.02 Å². The second kappa shape index (κ2) is 5.12. The van der Waals surface area contributed by atoms with Crippen LogP contribution in [0.15, 0.2) is 9.85 Å². The molecule has 2 rings (SSSR count). The van der Waals surface area contributed by atoms with Gasteiger partial charge in [-0.25, -0.2) is 0 Å². The van der Waals surface area contributed by atoms with E-state index in [2.05, 4.69) is 15.9 Å². The minimum Gasteiger partial charge on any atom is -0.376 e. The van der Waals surface area contributed by atoms with Gasteiger partial charge in [0.15, 0.2) is 0 Å². The van der Waals surface area contributed by atoms with Crippen molar-refractivity contribution in [3.05, 3.63) is 19.8 Å². The van der Waals surface area contributed by atoms with Crippen LogP contribution in [0.3, 0.4) is 0 Å². The van der Waals surface area contributed by atoms with E-state index in [0.29, 0.717) is 24.8 Å². The summed E-state index contributed by atoms with van der Waals surface area (Å²) in [6.45, 7) is 1.81. The zero-order valence-corrected chi connectivity index (χ0v) is 11.1. The molecule has 0 radical (unpaired) electrons. The maximum atomic E-state index is 6.08. The zero-order valence-electron chi connectivity index (χ0n) is 7.91. The Morgan fingerprint density at radius 3 is 2.93 bits per heavy atom. The largest absolute Gasteiger partial charge is 0.376 e. The first-order valence-corrected chi connectivity index (χ1v) is 6.57. The maximum Gasteiger partial charge on any atom is 0.101 e. The normalized spacial score (nSPS) is 24.1. The fraction of sp³-hybridized carbons (Fsp3) is 0.556. The Bertz CT molecular complexity index is 321. The molecular formula is C9H11BrClNO2S. The third-order valence-electron chi connectivity index (χ3n) is 2.24. The van der Waals surface area contributed by atoms with Crippen LogP contribution in [-0.2, 0) is 9.47 Å². The van der Waals surface area contributed by atoms with E-state index in [1.807, 2.05) is 6.07 Å². The van der Waals surface area contributed by atoms with Crippen molar-refractivity contribution in [3.8, 4) is 0 Å². The molecule has 84 valence electrons. The maximum absolute atomic E-state index is 6.08. The van der Waals surface area contributed by atoms with Crippen molar-refractivity contribution in [3.63, 3.8) is 0 Å². The number of hydrogen-bond donors (Lipinski definition) is 1. The number of rotatable bonds is 2. The highest BCUT2D eigenvalue weighted by Crippen LogP contribution is 2.36.